The maximum absolute atomic E-state index is 11.4. The van der Waals surface area contributed by atoms with E-state index >= 15 is 0 Å². The van der Waals surface area contributed by atoms with Gasteiger partial charge in [0.1, 0.15) is 12.7 Å². The molecule has 0 aromatic carbocycles. The highest BCUT2D eigenvalue weighted by molar-refractivity contribution is 5.15. The molecule has 0 radical (unpaired) electrons. The number of nitrogens with zero attached hydrogens (tertiary/aromatic N) is 2. The summed E-state index contributed by atoms with van der Waals surface area (Å²) in [6, 6.07) is 0. The first kappa shape index (κ1) is 9.96. The van der Waals surface area contributed by atoms with Crippen LogP contribution in [0.5, 0.6) is 5.88 Å². The lowest BCUT2D eigenvalue weighted by Crippen LogP contribution is -2.39. The summed E-state index contributed by atoms with van der Waals surface area (Å²) in [5.41, 5.74) is 2.81. The highest BCUT2D eigenvalue weighted by Gasteiger charge is 2.14. The van der Waals surface area contributed by atoms with Gasteiger partial charge in [0.15, 0.2) is 5.69 Å². The predicted octanol–water partition coefficient (Wildman–Crippen LogP) is 0.413. The van der Waals surface area contributed by atoms with Crippen LogP contribution in [-0.4, -0.2) is 4.98 Å². The van der Waals surface area contributed by atoms with E-state index in [1.807, 2.05) is 25.5 Å². The number of rotatable bonds is 2. The number of hydrogen-bond donors (Lipinski definition) is 0. The molecule has 0 bridgehead atoms. The van der Waals surface area contributed by atoms with Crippen molar-refractivity contribution in [2.24, 2.45) is 7.05 Å². The van der Waals surface area contributed by atoms with Crippen LogP contribution in [0.25, 0.3) is 0 Å². The highest BCUT2D eigenvalue weighted by atomic mass is 16.3. The number of aryl methyl sites for hydroxylation is 1. The second-order valence-electron chi connectivity index (χ2n) is 3.16. The summed E-state index contributed by atoms with van der Waals surface area (Å²) in [6.07, 6.45) is 1.75. The Morgan fingerprint density at radius 3 is 2.38 bits per heavy atom. The molecule has 0 atom stereocenters. The zero-order valence-corrected chi connectivity index (χ0v) is 8.72. The van der Waals surface area contributed by atoms with Crippen molar-refractivity contribution < 1.29 is 9.67 Å². The van der Waals surface area contributed by atoms with E-state index in [4.69, 9.17) is 0 Å². The second kappa shape index (κ2) is 3.73. The lowest BCUT2D eigenvalue weighted by Gasteiger charge is -2.11. The zero-order chi connectivity index (χ0) is 10.0. The van der Waals surface area contributed by atoms with Gasteiger partial charge in [0.2, 0.25) is 5.69 Å². The fraction of sp³-hybridized carbons (Fsp3) is 0.600. The van der Waals surface area contributed by atoms with E-state index in [0.717, 1.165) is 18.5 Å². The maximum Gasteiger partial charge on any atom is 0.202 e. The molecule has 0 fully saturated rings. The van der Waals surface area contributed by atoms with Crippen LogP contribution in [0.1, 0.15) is 30.9 Å². The van der Waals surface area contributed by atoms with Crippen molar-refractivity contribution in [3.63, 3.8) is 0 Å². The Labute approximate surface area is 79.1 Å². The average Bonchev–Trinajstić information content (AvgIpc) is 2.13. The van der Waals surface area contributed by atoms with E-state index < -0.39 is 0 Å². The maximum atomic E-state index is 11.4. The SMILES string of the molecule is CCc1nc([O-])c(C)[n+](C)c1CC. The third-order valence-corrected chi connectivity index (χ3v) is 2.46. The van der Waals surface area contributed by atoms with E-state index in [1.165, 1.54) is 5.69 Å². The molecular weight excluding hydrogens is 164 g/mol. The third-order valence-electron chi connectivity index (χ3n) is 2.46. The van der Waals surface area contributed by atoms with Crippen LogP contribution in [0.3, 0.4) is 0 Å². The predicted molar refractivity (Wildman–Crippen MR) is 48.4 cm³/mol. The van der Waals surface area contributed by atoms with E-state index in [-0.39, 0.29) is 5.88 Å². The minimum Gasteiger partial charge on any atom is -0.854 e. The molecule has 0 saturated carbocycles. The second-order valence-corrected chi connectivity index (χ2v) is 3.16. The summed E-state index contributed by atoms with van der Waals surface area (Å²) in [5.74, 6) is -0.100. The molecular formula is C10H16N2O. The molecule has 1 rings (SSSR count). The number of aromatic nitrogens is 2. The van der Waals surface area contributed by atoms with Crippen LogP contribution in [0.2, 0.25) is 0 Å². The zero-order valence-electron chi connectivity index (χ0n) is 8.72. The summed E-state index contributed by atoms with van der Waals surface area (Å²) in [5, 5.41) is 11.4. The summed E-state index contributed by atoms with van der Waals surface area (Å²) in [4.78, 5) is 4.05. The van der Waals surface area contributed by atoms with Gasteiger partial charge in [-0.3, -0.25) is 4.98 Å². The fourth-order valence-corrected chi connectivity index (χ4v) is 1.53. The fourth-order valence-electron chi connectivity index (χ4n) is 1.53. The summed E-state index contributed by atoms with van der Waals surface area (Å²) < 4.78 is 1.95. The van der Waals surface area contributed by atoms with Crippen molar-refractivity contribution in [2.45, 2.75) is 33.6 Å². The van der Waals surface area contributed by atoms with Crippen molar-refractivity contribution in [1.82, 2.24) is 4.98 Å². The van der Waals surface area contributed by atoms with E-state index in [0.29, 0.717) is 5.69 Å². The molecule has 1 heterocycles. The Bertz CT molecular complexity index is 321. The van der Waals surface area contributed by atoms with Gasteiger partial charge in [0, 0.05) is 13.3 Å². The molecule has 3 heteroatoms. The van der Waals surface area contributed by atoms with Crippen LogP contribution >= 0.6 is 0 Å². The minimum absolute atomic E-state index is 0.100. The third kappa shape index (κ3) is 1.64. The molecule has 0 aliphatic heterocycles. The first-order valence-electron chi connectivity index (χ1n) is 4.67. The van der Waals surface area contributed by atoms with E-state index in [1.54, 1.807) is 0 Å². The molecule has 0 aliphatic carbocycles. The van der Waals surface area contributed by atoms with Gasteiger partial charge in [-0.05, 0) is 6.42 Å². The summed E-state index contributed by atoms with van der Waals surface area (Å²) >= 11 is 0. The van der Waals surface area contributed by atoms with Gasteiger partial charge in [0.25, 0.3) is 0 Å². The van der Waals surface area contributed by atoms with Gasteiger partial charge in [-0.25, -0.2) is 4.57 Å². The normalized spacial score (nSPS) is 10.5. The number of hydrogen-bond acceptors (Lipinski definition) is 2. The van der Waals surface area contributed by atoms with Crippen LogP contribution in [0.4, 0.5) is 0 Å². The van der Waals surface area contributed by atoms with Gasteiger partial charge < -0.3 is 5.11 Å². The molecule has 1 aromatic rings. The molecule has 0 N–H and O–H groups in total. The van der Waals surface area contributed by atoms with Crippen LogP contribution < -0.4 is 9.67 Å². The van der Waals surface area contributed by atoms with Crippen molar-refractivity contribution in [1.29, 1.82) is 0 Å². The van der Waals surface area contributed by atoms with Gasteiger partial charge in [-0.1, -0.05) is 13.8 Å². The van der Waals surface area contributed by atoms with Crippen molar-refractivity contribution in [3.05, 3.63) is 17.1 Å². The van der Waals surface area contributed by atoms with Gasteiger partial charge in [-0.2, -0.15) is 0 Å². The Morgan fingerprint density at radius 2 is 1.92 bits per heavy atom. The average molecular weight is 180 g/mol. The van der Waals surface area contributed by atoms with Gasteiger partial charge in [0.05, 0.1) is 5.88 Å². The molecule has 0 amide bonds. The molecule has 72 valence electrons. The summed E-state index contributed by atoms with van der Waals surface area (Å²) in [6.45, 7) is 5.92. The molecule has 3 nitrogen and oxygen atoms in total. The van der Waals surface area contributed by atoms with Gasteiger partial charge in [-0.15, -0.1) is 0 Å². The Kier molecular flexibility index (Phi) is 2.86. The molecule has 0 aliphatic rings. The van der Waals surface area contributed by atoms with Crippen LogP contribution in [0, 0.1) is 6.92 Å². The Balaban J connectivity index is 3.39. The summed E-state index contributed by atoms with van der Waals surface area (Å²) in [7, 11) is 1.93. The van der Waals surface area contributed by atoms with E-state index in [9.17, 15) is 5.11 Å². The smallest absolute Gasteiger partial charge is 0.202 e. The van der Waals surface area contributed by atoms with Crippen LogP contribution in [0.15, 0.2) is 0 Å². The Hall–Kier alpha value is -1.12. The molecule has 0 spiro atoms. The van der Waals surface area contributed by atoms with Crippen molar-refractivity contribution >= 4 is 0 Å². The quantitative estimate of drug-likeness (QED) is 0.618. The van der Waals surface area contributed by atoms with Crippen molar-refractivity contribution in [2.75, 3.05) is 0 Å². The van der Waals surface area contributed by atoms with E-state index in [2.05, 4.69) is 11.9 Å². The molecule has 13 heavy (non-hydrogen) atoms. The largest absolute Gasteiger partial charge is 0.854 e. The topological polar surface area (TPSA) is 39.8 Å². The first-order valence-corrected chi connectivity index (χ1v) is 4.67. The van der Waals surface area contributed by atoms with Gasteiger partial charge >= 0.3 is 0 Å². The lowest BCUT2D eigenvalue weighted by molar-refractivity contribution is -0.688. The lowest BCUT2D eigenvalue weighted by atomic mass is 10.2. The Morgan fingerprint density at radius 1 is 1.31 bits per heavy atom. The molecule has 0 saturated heterocycles. The first-order chi connectivity index (χ1) is 6.11. The standard InChI is InChI=1S/C10H16N2O/c1-5-8-9(6-2)12(4)7(3)10(13)11-8/h5-6H2,1-4H3. The minimum atomic E-state index is -0.100. The molecule has 0 unspecified atom stereocenters. The highest BCUT2D eigenvalue weighted by Crippen LogP contribution is 2.10. The monoisotopic (exact) mass is 180 g/mol. The van der Waals surface area contributed by atoms with Crippen molar-refractivity contribution in [3.8, 4) is 5.88 Å². The van der Waals surface area contributed by atoms with Crippen LogP contribution in [-0.2, 0) is 19.9 Å². The molecule has 1 aromatic heterocycles.